The minimum Gasteiger partial charge on any atom is -0.484 e. The zero-order chi connectivity index (χ0) is 19.3. The van der Waals surface area contributed by atoms with Crippen molar-refractivity contribution < 1.29 is 14.3 Å². The Hall–Kier alpha value is -2.24. The molecule has 138 valence electrons. The molecule has 0 saturated heterocycles. The topological polar surface area (TPSA) is 67.4 Å². The summed E-state index contributed by atoms with van der Waals surface area (Å²) in [7, 11) is 0. The fourth-order valence-corrected chi connectivity index (χ4v) is 2.27. The minimum absolute atomic E-state index is 0.108. The molecule has 26 heavy (non-hydrogen) atoms. The number of carbonyl (C=O) groups excluding carboxylic acids is 2. The molecule has 0 spiro atoms. The van der Waals surface area contributed by atoms with Gasteiger partial charge in [0.25, 0.3) is 5.91 Å². The van der Waals surface area contributed by atoms with Gasteiger partial charge in [0.2, 0.25) is 5.91 Å². The molecular weight excluding hydrogens is 375 g/mol. The van der Waals surface area contributed by atoms with Crippen molar-refractivity contribution in [2.75, 3.05) is 17.2 Å². The van der Waals surface area contributed by atoms with Crippen molar-refractivity contribution in [1.82, 2.24) is 0 Å². The number of benzene rings is 2. The first-order valence-electron chi connectivity index (χ1n) is 7.95. The molecule has 5 nitrogen and oxygen atoms in total. The lowest BCUT2D eigenvalue weighted by molar-refractivity contribution is -0.123. The lowest BCUT2D eigenvalue weighted by Gasteiger charge is -2.18. The number of hydrogen-bond donors (Lipinski definition) is 2. The zero-order valence-electron chi connectivity index (χ0n) is 14.7. The van der Waals surface area contributed by atoms with Gasteiger partial charge in [-0.2, -0.15) is 0 Å². The highest BCUT2D eigenvalue weighted by molar-refractivity contribution is 6.44. The van der Waals surface area contributed by atoms with Crippen LogP contribution in [0.4, 0.5) is 11.4 Å². The normalized spacial score (nSPS) is 11.0. The van der Waals surface area contributed by atoms with Crippen LogP contribution in [0.5, 0.6) is 5.75 Å². The summed E-state index contributed by atoms with van der Waals surface area (Å²) in [5.74, 6) is -0.0228. The van der Waals surface area contributed by atoms with E-state index in [-0.39, 0.29) is 23.4 Å². The molecule has 0 aliphatic rings. The van der Waals surface area contributed by atoms with Gasteiger partial charge in [-0.15, -0.1) is 0 Å². The number of nitrogens with one attached hydrogen (secondary N) is 2. The van der Waals surface area contributed by atoms with Crippen molar-refractivity contribution >= 4 is 46.4 Å². The molecule has 2 aromatic rings. The van der Waals surface area contributed by atoms with Gasteiger partial charge in [0.1, 0.15) is 5.75 Å². The Morgan fingerprint density at radius 2 is 1.73 bits per heavy atom. The highest BCUT2D eigenvalue weighted by atomic mass is 35.5. The average Bonchev–Trinajstić information content (AvgIpc) is 2.57. The van der Waals surface area contributed by atoms with Crippen LogP contribution in [0.3, 0.4) is 0 Å². The van der Waals surface area contributed by atoms with Gasteiger partial charge in [-0.3, -0.25) is 9.59 Å². The van der Waals surface area contributed by atoms with Gasteiger partial charge in [-0.25, -0.2) is 0 Å². The summed E-state index contributed by atoms with van der Waals surface area (Å²) in [6.07, 6.45) is 0. The summed E-state index contributed by atoms with van der Waals surface area (Å²) in [6, 6.07) is 11.8. The molecule has 0 radical (unpaired) electrons. The van der Waals surface area contributed by atoms with E-state index >= 15 is 0 Å². The Kier molecular flexibility index (Phi) is 6.51. The maximum absolute atomic E-state index is 12.0. The van der Waals surface area contributed by atoms with Crippen LogP contribution in [0.1, 0.15) is 20.8 Å². The van der Waals surface area contributed by atoms with E-state index in [1.165, 1.54) is 0 Å². The predicted octanol–water partition coefficient (Wildman–Crippen LogP) is 5.00. The van der Waals surface area contributed by atoms with E-state index in [1.54, 1.807) is 42.5 Å². The number of amides is 2. The maximum atomic E-state index is 12.0. The molecule has 2 N–H and O–H groups in total. The minimum atomic E-state index is -0.507. The van der Waals surface area contributed by atoms with E-state index in [4.69, 9.17) is 27.9 Å². The fraction of sp³-hybridized carbons (Fsp3) is 0.263. The third-order valence-electron chi connectivity index (χ3n) is 3.37. The molecule has 7 heteroatoms. The number of carbonyl (C=O) groups is 2. The summed E-state index contributed by atoms with van der Waals surface area (Å²) in [5.41, 5.74) is 0.507. The van der Waals surface area contributed by atoms with Crippen LogP contribution < -0.4 is 15.4 Å². The van der Waals surface area contributed by atoms with Crippen LogP contribution in [0.15, 0.2) is 42.5 Å². The van der Waals surface area contributed by atoms with Gasteiger partial charge in [0, 0.05) is 17.2 Å². The van der Waals surface area contributed by atoms with Crippen molar-refractivity contribution in [2.45, 2.75) is 20.8 Å². The zero-order valence-corrected chi connectivity index (χ0v) is 16.2. The molecule has 0 aromatic heterocycles. The summed E-state index contributed by atoms with van der Waals surface area (Å²) in [4.78, 5) is 24.1. The first-order chi connectivity index (χ1) is 12.2. The molecule has 2 aromatic carbocycles. The third-order valence-corrected chi connectivity index (χ3v) is 4.19. The Morgan fingerprint density at radius 1 is 1.04 bits per heavy atom. The second-order valence-electron chi connectivity index (χ2n) is 6.67. The molecule has 0 heterocycles. The van der Waals surface area contributed by atoms with Gasteiger partial charge in [0.05, 0.1) is 15.7 Å². The van der Waals surface area contributed by atoms with E-state index < -0.39 is 5.41 Å². The Labute approximate surface area is 162 Å². The summed E-state index contributed by atoms with van der Waals surface area (Å²) in [5, 5.41) is 6.08. The van der Waals surface area contributed by atoms with Crippen LogP contribution in [0, 0.1) is 5.41 Å². The van der Waals surface area contributed by atoms with Crippen LogP contribution in [0.25, 0.3) is 0 Å². The highest BCUT2D eigenvalue weighted by Crippen LogP contribution is 2.29. The molecule has 0 unspecified atom stereocenters. The van der Waals surface area contributed by atoms with Crippen LogP contribution in [-0.2, 0) is 9.59 Å². The van der Waals surface area contributed by atoms with Crippen molar-refractivity contribution in [3.8, 4) is 5.75 Å². The highest BCUT2D eigenvalue weighted by Gasteiger charge is 2.21. The van der Waals surface area contributed by atoms with E-state index in [2.05, 4.69) is 10.6 Å². The second kappa shape index (κ2) is 8.43. The molecule has 0 bridgehead atoms. The Bertz CT molecular complexity index is 817. The van der Waals surface area contributed by atoms with Crippen molar-refractivity contribution in [1.29, 1.82) is 0 Å². The quantitative estimate of drug-likeness (QED) is 0.749. The molecule has 0 atom stereocenters. The van der Waals surface area contributed by atoms with Crippen LogP contribution in [0.2, 0.25) is 10.0 Å². The largest absolute Gasteiger partial charge is 0.484 e. The van der Waals surface area contributed by atoms with Crippen molar-refractivity contribution in [3.05, 3.63) is 52.5 Å². The molecular formula is C19H20Cl2N2O3. The standard InChI is InChI=1S/C19H20Cl2N2O3/c1-19(2,3)18(25)22-12-6-4-7-13(10-12)26-11-16(24)23-15-9-5-8-14(20)17(15)21/h4-10H,11H2,1-3H3,(H,22,25)(H,23,24). The Balaban J connectivity index is 1.95. The molecule has 0 aliphatic heterocycles. The van der Waals surface area contributed by atoms with Gasteiger partial charge in [0.15, 0.2) is 6.61 Å². The Morgan fingerprint density at radius 3 is 2.42 bits per heavy atom. The van der Waals surface area contributed by atoms with E-state index in [0.29, 0.717) is 22.1 Å². The first-order valence-corrected chi connectivity index (χ1v) is 8.70. The predicted molar refractivity (Wildman–Crippen MR) is 105 cm³/mol. The number of ether oxygens (including phenoxy) is 1. The van der Waals surface area contributed by atoms with Crippen LogP contribution in [-0.4, -0.2) is 18.4 Å². The molecule has 2 rings (SSSR count). The van der Waals surface area contributed by atoms with Crippen molar-refractivity contribution in [2.24, 2.45) is 5.41 Å². The fourth-order valence-electron chi connectivity index (χ4n) is 1.92. The van der Waals surface area contributed by atoms with Gasteiger partial charge in [-0.1, -0.05) is 56.1 Å². The monoisotopic (exact) mass is 394 g/mol. The molecule has 0 fully saturated rings. The van der Waals surface area contributed by atoms with Gasteiger partial charge >= 0.3 is 0 Å². The molecule has 0 saturated carbocycles. The lowest BCUT2D eigenvalue weighted by atomic mass is 9.95. The SMILES string of the molecule is CC(C)(C)C(=O)Nc1cccc(OCC(=O)Nc2cccc(Cl)c2Cl)c1. The molecule has 2 amide bonds. The van der Waals surface area contributed by atoms with E-state index in [0.717, 1.165) is 0 Å². The summed E-state index contributed by atoms with van der Waals surface area (Å²) >= 11 is 11.9. The maximum Gasteiger partial charge on any atom is 0.262 e. The van der Waals surface area contributed by atoms with Crippen molar-refractivity contribution in [3.63, 3.8) is 0 Å². The smallest absolute Gasteiger partial charge is 0.262 e. The second-order valence-corrected chi connectivity index (χ2v) is 7.46. The number of anilines is 2. The number of hydrogen-bond acceptors (Lipinski definition) is 3. The van der Waals surface area contributed by atoms with E-state index in [9.17, 15) is 9.59 Å². The number of halogens is 2. The van der Waals surface area contributed by atoms with E-state index in [1.807, 2.05) is 20.8 Å². The van der Waals surface area contributed by atoms with Gasteiger partial charge < -0.3 is 15.4 Å². The summed E-state index contributed by atoms with van der Waals surface area (Å²) in [6.45, 7) is 5.27. The lowest BCUT2D eigenvalue weighted by Crippen LogP contribution is -2.27. The number of rotatable bonds is 5. The average molecular weight is 395 g/mol. The van der Waals surface area contributed by atoms with Gasteiger partial charge in [-0.05, 0) is 24.3 Å². The molecule has 0 aliphatic carbocycles. The first kappa shape index (κ1) is 20.1. The van der Waals surface area contributed by atoms with Crippen LogP contribution >= 0.6 is 23.2 Å². The summed E-state index contributed by atoms with van der Waals surface area (Å²) < 4.78 is 5.48. The third kappa shape index (κ3) is 5.64.